The maximum atomic E-state index is 11.4. The zero-order valence-electron chi connectivity index (χ0n) is 11.4. The minimum atomic E-state index is -0.182. The van der Waals surface area contributed by atoms with Crippen molar-refractivity contribution >= 4 is 5.97 Å². The van der Waals surface area contributed by atoms with E-state index in [9.17, 15) is 4.79 Å². The van der Waals surface area contributed by atoms with E-state index in [1.54, 1.807) is 7.11 Å². The zero-order valence-corrected chi connectivity index (χ0v) is 11.4. The van der Waals surface area contributed by atoms with Gasteiger partial charge < -0.3 is 14.2 Å². The van der Waals surface area contributed by atoms with Gasteiger partial charge in [-0.2, -0.15) is 0 Å². The second-order valence-electron chi connectivity index (χ2n) is 3.97. The number of hydrogen-bond donors (Lipinski definition) is 0. The Bertz CT molecular complexity index is 197. The first kappa shape index (κ1) is 16.4. The first-order valence-electron chi connectivity index (χ1n) is 6.08. The molecule has 0 saturated carbocycles. The number of ether oxygens (including phenoxy) is 3. The third-order valence-corrected chi connectivity index (χ3v) is 2.32. The molecule has 0 spiro atoms. The van der Waals surface area contributed by atoms with Gasteiger partial charge in [-0.1, -0.05) is 0 Å². The summed E-state index contributed by atoms with van der Waals surface area (Å²) in [5.41, 5.74) is 0. The molecule has 0 aromatic rings. The van der Waals surface area contributed by atoms with Gasteiger partial charge in [0, 0.05) is 19.7 Å². The Kier molecular flexibility index (Phi) is 10.1. The highest BCUT2D eigenvalue weighted by atomic mass is 16.5. The lowest BCUT2D eigenvalue weighted by atomic mass is 10.3. The summed E-state index contributed by atoms with van der Waals surface area (Å²) < 4.78 is 15.2. The van der Waals surface area contributed by atoms with Crippen LogP contribution >= 0.6 is 0 Å². The summed E-state index contributed by atoms with van der Waals surface area (Å²) in [6, 6.07) is 0.297. The molecular weight excluding hydrogens is 222 g/mol. The maximum absolute atomic E-state index is 11.4. The molecule has 0 unspecified atom stereocenters. The molecule has 0 bridgehead atoms. The quantitative estimate of drug-likeness (QED) is 0.424. The number of nitrogens with zero attached hydrogens (tertiary/aromatic N) is 1. The molecular formula is C12H25NO4. The van der Waals surface area contributed by atoms with E-state index >= 15 is 0 Å². The van der Waals surface area contributed by atoms with Gasteiger partial charge >= 0.3 is 5.97 Å². The smallest absolute Gasteiger partial charge is 0.320 e. The molecule has 0 aliphatic rings. The molecule has 5 nitrogen and oxygen atoms in total. The average Bonchev–Trinajstić information content (AvgIpc) is 2.27. The summed E-state index contributed by atoms with van der Waals surface area (Å²) in [5.74, 6) is -0.182. The van der Waals surface area contributed by atoms with Crippen LogP contribution in [0.5, 0.6) is 0 Å². The highest BCUT2D eigenvalue weighted by Gasteiger charge is 2.14. The van der Waals surface area contributed by atoms with Crippen molar-refractivity contribution in [2.24, 2.45) is 0 Å². The van der Waals surface area contributed by atoms with Gasteiger partial charge in [-0.05, 0) is 20.8 Å². The zero-order chi connectivity index (χ0) is 13.1. The highest BCUT2D eigenvalue weighted by molar-refractivity contribution is 5.71. The Hall–Kier alpha value is -0.650. The van der Waals surface area contributed by atoms with E-state index in [0.717, 1.165) is 6.54 Å². The standard InChI is InChI=1S/C12H25NO4/c1-5-17-12(14)10-13(11(2)3)6-7-16-9-8-15-4/h11H,5-10H2,1-4H3. The van der Waals surface area contributed by atoms with Gasteiger partial charge in [0.25, 0.3) is 0 Å². The average molecular weight is 247 g/mol. The summed E-state index contributed by atoms with van der Waals surface area (Å²) in [6.45, 7) is 9.16. The highest BCUT2D eigenvalue weighted by Crippen LogP contribution is 1.98. The Morgan fingerprint density at radius 1 is 1.24 bits per heavy atom. The monoisotopic (exact) mass is 247 g/mol. The fourth-order valence-electron chi connectivity index (χ4n) is 1.32. The summed E-state index contributed by atoms with van der Waals surface area (Å²) in [6.07, 6.45) is 0. The summed E-state index contributed by atoms with van der Waals surface area (Å²) in [5, 5.41) is 0. The number of esters is 1. The lowest BCUT2D eigenvalue weighted by Gasteiger charge is -2.25. The van der Waals surface area contributed by atoms with Crippen LogP contribution in [0.25, 0.3) is 0 Å². The molecule has 0 fully saturated rings. The van der Waals surface area contributed by atoms with Crippen molar-refractivity contribution in [3.8, 4) is 0 Å². The van der Waals surface area contributed by atoms with Crippen LogP contribution in [-0.2, 0) is 19.0 Å². The molecule has 0 radical (unpaired) electrons. The van der Waals surface area contributed by atoms with Crippen LogP contribution in [0, 0.1) is 0 Å². The third-order valence-electron chi connectivity index (χ3n) is 2.32. The summed E-state index contributed by atoms with van der Waals surface area (Å²) in [7, 11) is 1.64. The second kappa shape index (κ2) is 10.5. The van der Waals surface area contributed by atoms with Crippen LogP contribution in [0.1, 0.15) is 20.8 Å². The minimum absolute atomic E-state index is 0.182. The third kappa shape index (κ3) is 9.09. The van der Waals surface area contributed by atoms with Crippen molar-refractivity contribution < 1.29 is 19.0 Å². The molecule has 0 aromatic heterocycles. The Morgan fingerprint density at radius 2 is 1.94 bits per heavy atom. The largest absolute Gasteiger partial charge is 0.465 e. The number of hydrogen-bond acceptors (Lipinski definition) is 5. The molecule has 102 valence electrons. The molecule has 0 heterocycles. The van der Waals surface area contributed by atoms with E-state index < -0.39 is 0 Å². The SMILES string of the molecule is CCOC(=O)CN(CCOCCOC)C(C)C. The van der Waals surface area contributed by atoms with E-state index in [-0.39, 0.29) is 5.97 Å². The van der Waals surface area contributed by atoms with Crippen molar-refractivity contribution in [3.05, 3.63) is 0 Å². The number of carbonyl (C=O) groups excluding carboxylic acids is 1. The molecule has 0 aromatic carbocycles. The van der Waals surface area contributed by atoms with Crippen molar-refractivity contribution in [1.82, 2.24) is 4.90 Å². The topological polar surface area (TPSA) is 48.0 Å². The van der Waals surface area contributed by atoms with Crippen LogP contribution in [0.4, 0.5) is 0 Å². The fraction of sp³-hybridized carbons (Fsp3) is 0.917. The van der Waals surface area contributed by atoms with Crippen LogP contribution in [0.2, 0.25) is 0 Å². The normalized spacial score (nSPS) is 11.2. The van der Waals surface area contributed by atoms with Crippen molar-refractivity contribution in [1.29, 1.82) is 0 Å². The van der Waals surface area contributed by atoms with Gasteiger partial charge in [-0.3, -0.25) is 9.69 Å². The summed E-state index contributed by atoms with van der Waals surface area (Å²) >= 11 is 0. The van der Waals surface area contributed by atoms with E-state index in [2.05, 4.69) is 0 Å². The lowest BCUT2D eigenvalue weighted by Crippen LogP contribution is -2.38. The minimum Gasteiger partial charge on any atom is -0.465 e. The van der Waals surface area contributed by atoms with Gasteiger partial charge in [0.05, 0.1) is 33.0 Å². The number of carbonyl (C=O) groups is 1. The lowest BCUT2D eigenvalue weighted by molar-refractivity contribution is -0.145. The van der Waals surface area contributed by atoms with Gasteiger partial charge in [0.2, 0.25) is 0 Å². The first-order valence-corrected chi connectivity index (χ1v) is 6.08. The molecule has 0 rings (SSSR count). The van der Waals surface area contributed by atoms with Crippen molar-refractivity contribution in [2.45, 2.75) is 26.8 Å². The molecule has 5 heteroatoms. The molecule has 17 heavy (non-hydrogen) atoms. The van der Waals surface area contributed by atoms with Crippen LogP contribution in [-0.4, -0.2) is 63.5 Å². The van der Waals surface area contributed by atoms with E-state index in [0.29, 0.717) is 39.0 Å². The fourth-order valence-corrected chi connectivity index (χ4v) is 1.32. The van der Waals surface area contributed by atoms with Gasteiger partial charge in [-0.25, -0.2) is 0 Å². The molecule has 0 N–H and O–H groups in total. The van der Waals surface area contributed by atoms with Crippen molar-refractivity contribution in [3.63, 3.8) is 0 Å². The van der Waals surface area contributed by atoms with Crippen molar-refractivity contribution in [2.75, 3.05) is 46.6 Å². The number of methoxy groups -OCH3 is 1. The van der Waals surface area contributed by atoms with Gasteiger partial charge in [0.1, 0.15) is 0 Å². The van der Waals surface area contributed by atoms with E-state index in [4.69, 9.17) is 14.2 Å². The Labute approximate surface area is 104 Å². The summed E-state index contributed by atoms with van der Waals surface area (Å²) in [4.78, 5) is 13.4. The van der Waals surface area contributed by atoms with Crippen LogP contribution < -0.4 is 0 Å². The molecule has 0 atom stereocenters. The van der Waals surface area contributed by atoms with Crippen LogP contribution in [0.3, 0.4) is 0 Å². The maximum Gasteiger partial charge on any atom is 0.320 e. The van der Waals surface area contributed by atoms with Gasteiger partial charge in [-0.15, -0.1) is 0 Å². The molecule has 0 aliphatic heterocycles. The molecule has 0 aliphatic carbocycles. The second-order valence-corrected chi connectivity index (χ2v) is 3.97. The Balaban J connectivity index is 3.78. The molecule has 0 amide bonds. The van der Waals surface area contributed by atoms with E-state index in [1.165, 1.54) is 0 Å². The van der Waals surface area contributed by atoms with Crippen LogP contribution in [0.15, 0.2) is 0 Å². The Morgan fingerprint density at radius 3 is 2.47 bits per heavy atom. The van der Waals surface area contributed by atoms with E-state index in [1.807, 2.05) is 25.7 Å². The number of rotatable bonds is 10. The molecule has 0 saturated heterocycles. The predicted octanol–water partition coefficient (Wildman–Crippen LogP) is 0.923. The predicted molar refractivity (Wildman–Crippen MR) is 66.0 cm³/mol. The van der Waals surface area contributed by atoms with Gasteiger partial charge in [0.15, 0.2) is 0 Å². The first-order chi connectivity index (χ1) is 8.11.